The number of rotatable bonds is 10. The maximum absolute atomic E-state index is 15.0. The van der Waals surface area contributed by atoms with Gasteiger partial charge in [0.05, 0.1) is 25.2 Å². The molecule has 0 spiro atoms. The highest BCUT2D eigenvalue weighted by molar-refractivity contribution is 6.28. The fourth-order valence-corrected chi connectivity index (χ4v) is 5.49. The number of hydrogen-bond donors (Lipinski definition) is 3. The Hall–Kier alpha value is -3.36. The third kappa shape index (κ3) is 5.54. The number of nitrogens with two attached hydrogens (primary N) is 1. The third-order valence-electron chi connectivity index (χ3n) is 7.34. The molecule has 1 aliphatic carbocycles. The van der Waals surface area contributed by atoms with Gasteiger partial charge < -0.3 is 25.4 Å². The number of nitrogen functional groups attached to an aromatic ring is 1. The van der Waals surface area contributed by atoms with E-state index in [1.54, 1.807) is 10.9 Å². The SMILES string of the molecule is Nc1nc(Cl)nc2c1ncn2[C@@H]1O[C@H](COC(Cc2cnn(CC3CCCCC3)c2)(C(=O)O)C(=O)O)C[C@@H]1F. The Kier molecular flexibility index (Phi) is 7.69. The fourth-order valence-electron chi connectivity index (χ4n) is 5.32. The molecule has 2 aliphatic rings. The summed E-state index contributed by atoms with van der Waals surface area (Å²) in [5.41, 5.74) is 3.99. The van der Waals surface area contributed by atoms with Crippen molar-refractivity contribution >= 4 is 40.5 Å². The molecule has 2 fully saturated rings. The molecular formula is C24H29ClFN7O6. The van der Waals surface area contributed by atoms with Crippen molar-refractivity contribution in [1.82, 2.24) is 29.3 Å². The van der Waals surface area contributed by atoms with Gasteiger partial charge in [-0.2, -0.15) is 15.1 Å². The lowest BCUT2D eigenvalue weighted by Gasteiger charge is -2.26. The monoisotopic (exact) mass is 565 g/mol. The highest BCUT2D eigenvalue weighted by Gasteiger charge is 2.50. The minimum Gasteiger partial charge on any atom is -0.479 e. The molecule has 1 aliphatic heterocycles. The van der Waals surface area contributed by atoms with Gasteiger partial charge in [0.1, 0.15) is 11.7 Å². The number of carboxylic acid groups (broad SMARTS) is 2. The van der Waals surface area contributed by atoms with Gasteiger partial charge >= 0.3 is 11.9 Å². The van der Waals surface area contributed by atoms with Crippen LogP contribution in [-0.4, -0.2) is 75.9 Å². The molecule has 0 amide bonds. The molecule has 5 rings (SSSR count). The van der Waals surface area contributed by atoms with Gasteiger partial charge in [-0.3, -0.25) is 9.25 Å². The van der Waals surface area contributed by atoms with Crippen LogP contribution in [0.15, 0.2) is 18.7 Å². The minimum absolute atomic E-state index is 0.0202. The first-order chi connectivity index (χ1) is 18.7. The van der Waals surface area contributed by atoms with Crippen molar-refractivity contribution < 1.29 is 33.7 Å². The number of hydrogen-bond acceptors (Lipinski definition) is 9. The van der Waals surface area contributed by atoms with Crippen molar-refractivity contribution in [2.45, 2.75) is 75.6 Å². The standard InChI is InChI=1S/C24H29ClFN7O6/c25-23-30-18(27)17-19(31-23)33(12-28-17)20-16(26)6-15(39-20)11-38-24(21(34)35,22(36)37)7-14-8-29-32(10-14)9-13-4-2-1-3-5-13/h8,10,12-13,15-16,20H,1-7,9,11H2,(H,34,35)(H,36,37)(H2,27,30,31)/t15-,16-,20+/m0/s1. The van der Waals surface area contributed by atoms with Crippen LogP contribution in [0.2, 0.25) is 5.28 Å². The van der Waals surface area contributed by atoms with Crippen LogP contribution in [0.5, 0.6) is 0 Å². The van der Waals surface area contributed by atoms with E-state index >= 15 is 4.39 Å². The van der Waals surface area contributed by atoms with Crippen molar-refractivity contribution in [3.05, 3.63) is 29.6 Å². The second-order valence-electron chi connectivity index (χ2n) is 10.1. The maximum atomic E-state index is 15.0. The summed E-state index contributed by atoms with van der Waals surface area (Å²) in [5.74, 6) is -2.85. The van der Waals surface area contributed by atoms with Gasteiger partial charge in [0.25, 0.3) is 5.60 Å². The van der Waals surface area contributed by atoms with Crippen LogP contribution in [0.4, 0.5) is 10.2 Å². The van der Waals surface area contributed by atoms with E-state index in [9.17, 15) is 19.8 Å². The number of aliphatic carboxylic acids is 2. The van der Waals surface area contributed by atoms with E-state index in [-0.39, 0.29) is 28.7 Å². The summed E-state index contributed by atoms with van der Waals surface area (Å²) in [6, 6.07) is 0. The Morgan fingerprint density at radius 1 is 1.23 bits per heavy atom. The number of alkyl halides is 1. The van der Waals surface area contributed by atoms with Crippen LogP contribution >= 0.6 is 11.6 Å². The average molecular weight is 566 g/mol. The van der Waals surface area contributed by atoms with Gasteiger partial charge in [-0.15, -0.1) is 0 Å². The number of fused-ring (bicyclic) bond motifs is 1. The van der Waals surface area contributed by atoms with Crippen LogP contribution in [-0.2, 0) is 32.0 Å². The van der Waals surface area contributed by atoms with Crippen LogP contribution in [0, 0.1) is 5.92 Å². The normalized spacial score (nSPS) is 22.5. The predicted molar refractivity (Wildman–Crippen MR) is 135 cm³/mol. The number of aromatic nitrogens is 6. The number of anilines is 1. The first-order valence-electron chi connectivity index (χ1n) is 12.7. The van der Waals surface area contributed by atoms with Crippen LogP contribution in [0.1, 0.15) is 50.3 Å². The molecule has 4 N–H and O–H groups in total. The predicted octanol–water partition coefficient (Wildman–Crippen LogP) is 2.63. The lowest BCUT2D eigenvalue weighted by molar-refractivity contribution is -0.188. The molecule has 13 nitrogen and oxygen atoms in total. The zero-order valence-electron chi connectivity index (χ0n) is 20.9. The van der Waals surface area contributed by atoms with Gasteiger partial charge in [-0.05, 0) is 35.9 Å². The zero-order valence-corrected chi connectivity index (χ0v) is 21.7. The minimum atomic E-state index is -2.61. The smallest absolute Gasteiger partial charge is 0.348 e. The van der Waals surface area contributed by atoms with E-state index in [2.05, 4.69) is 20.1 Å². The van der Waals surface area contributed by atoms with E-state index in [0.717, 1.165) is 12.8 Å². The molecular weight excluding hydrogens is 537 g/mol. The Bertz CT molecular complexity index is 1350. The lowest BCUT2D eigenvalue weighted by Crippen LogP contribution is -2.52. The van der Waals surface area contributed by atoms with Crippen molar-refractivity contribution in [3.63, 3.8) is 0 Å². The molecule has 1 saturated carbocycles. The highest BCUT2D eigenvalue weighted by atomic mass is 35.5. The van der Waals surface area contributed by atoms with Crippen LogP contribution in [0.25, 0.3) is 11.2 Å². The molecule has 3 aromatic rings. The van der Waals surface area contributed by atoms with E-state index in [0.29, 0.717) is 18.0 Å². The largest absolute Gasteiger partial charge is 0.479 e. The summed E-state index contributed by atoms with van der Waals surface area (Å²) >= 11 is 5.89. The molecule has 0 bridgehead atoms. The maximum Gasteiger partial charge on any atom is 0.348 e. The second kappa shape index (κ2) is 11.0. The number of nitrogens with zero attached hydrogens (tertiary/aromatic N) is 6. The van der Waals surface area contributed by atoms with Crippen molar-refractivity contribution in [1.29, 1.82) is 0 Å². The van der Waals surface area contributed by atoms with E-state index in [1.807, 2.05) is 0 Å². The quantitative estimate of drug-likeness (QED) is 0.243. The first-order valence-corrected chi connectivity index (χ1v) is 13.1. The summed E-state index contributed by atoms with van der Waals surface area (Å²) in [5, 5.41) is 24.0. The summed E-state index contributed by atoms with van der Waals surface area (Å²) in [4.78, 5) is 36.4. The molecule has 0 radical (unpaired) electrons. The molecule has 3 aromatic heterocycles. The Morgan fingerprint density at radius 3 is 2.69 bits per heavy atom. The number of halogens is 2. The summed E-state index contributed by atoms with van der Waals surface area (Å²) in [6.07, 6.45) is 5.86. The molecule has 3 atom stereocenters. The van der Waals surface area contributed by atoms with Gasteiger partial charge in [-0.25, -0.2) is 19.0 Å². The fraction of sp³-hybridized carbons (Fsp3) is 0.583. The summed E-state index contributed by atoms with van der Waals surface area (Å²) < 4.78 is 29.4. The summed E-state index contributed by atoms with van der Waals surface area (Å²) in [6.45, 7) is 0.212. The lowest BCUT2D eigenvalue weighted by atomic mass is 9.89. The molecule has 1 saturated heterocycles. The number of carbonyl (C=O) groups is 2. The summed E-state index contributed by atoms with van der Waals surface area (Å²) in [7, 11) is 0. The Labute approximate surface area is 227 Å². The molecule has 15 heteroatoms. The topological polar surface area (TPSA) is 180 Å². The van der Waals surface area contributed by atoms with E-state index in [4.69, 9.17) is 26.8 Å². The second-order valence-corrected chi connectivity index (χ2v) is 10.4. The van der Waals surface area contributed by atoms with Crippen molar-refractivity contribution in [2.24, 2.45) is 5.92 Å². The molecule has 4 heterocycles. The van der Waals surface area contributed by atoms with Crippen LogP contribution in [0.3, 0.4) is 0 Å². The number of imidazole rings is 1. The molecule has 210 valence electrons. The van der Waals surface area contributed by atoms with E-state index < -0.39 is 49.1 Å². The Balaban J connectivity index is 1.28. The first kappa shape index (κ1) is 27.2. The van der Waals surface area contributed by atoms with E-state index in [1.165, 1.54) is 36.4 Å². The Morgan fingerprint density at radius 2 is 1.97 bits per heavy atom. The van der Waals surface area contributed by atoms with Gasteiger partial charge in [0.15, 0.2) is 17.7 Å². The van der Waals surface area contributed by atoms with Gasteiger partial charge in [0, 0.05) is 25.6 Å². The number of ether oxygens (including phenoxy) is 2. The molecule has 0 aromatic carbocycles. The number of carboxylic acids is 2. The highest BCUT2D eigenvalue weighted by Crippen LogP contribution is 2.35. The van der Waals surface area contributed by atoms with Gasteiger partial charge in [-0.1, -0.05) is 19.3 Å². The van der Waals surface area contributed by atoms with Gasteiger partial charge in [0.2, 0.25) is 5.28 Å². The van der Waals surface area contributed by atoms with Crippen molar-refractivity contribution in [3.8, 4) is 0 Å². The molecule has 39 heavy (non-hydrogen) atoms. The zero-order chi connectivity index (χ0) is 27.7. The molecule has 0 unspecified atom stereocenters. The average Bonchev–Trinajstić information content (AvgIpc) is 3.60. The third-order valence-corrected chi connectivity index (χ3v) is 7.51. The van der Waals surface area contributed by atoms with Crippen LogP contribution < -0.4 is 5.73 Å². The van der Waals surface area contributed by atoms with Crippen molar-refractivity contribution in [2.75, 3.05) is 12.3 Å².